The van der Waals surface area contributed by atoms with Crippen LogP contribution in [0.2, 0.25) is 0 Å². The molecular weight excluding hydrogens is 246 g/mol. The van der Waals surface area contributed by atoms with Gasteiger partial charge in [0.1, 0.15) is 0 Å². The van der Waals surface area contributed by atoms with Crippen molar-refractivity contribution >= 4 is 0 Å². The van der Waals surface area contributed by atoms with Crippen molar-refractivity contribution < 1.29 is 0 Å². The minimum atomic E-state index is 0.643. The normalized spacial score (nSPS) is 26.4. The summed E-state index contributed by atoms with van der Waals surface area (Å²) in [6.45, 7) is 8.35. The quantitative estimate of drug-likeness (QED) is 0.660. The first-order valence-corrected chi connectivity index (χ1v) is 9.03. The van der Waals surface area contributed by atoms with E-state index in [4.69, 9.17) is 5.73 Å². The predicted molar refractivity (Wildman–Crippen MR) is 87.0 cm³/mol. The zero-order valence-electron chi connectivity index (χ0n) is 13.5. The number of rotatable bonds is 9. The highest BCUT2D eigenvalue weighted by Gasteiger charge is 2.31. The molecule has 20 heavy (non-hydrogen) atoms. The van der Waals surface area contributed by atoms with Crippen molar-refractivity contribution in [3.8, 4) is 0 Å². The molecule has 2 fully saturated rings. The lowest BCUT2D eigenvalue weighted by molar-refractivity contribution is 0.193. The predicted octanol–water partition coefficient (Wildman–Crippen LogP) is 2.84. The second-order valence-corrected chi connectivity index (χ2v) is 6.77. The lowest BCUT2D eigenvalue weighted by atomic mass is 10.1. The molecule has 0 spiro atoms. The number of nitrogens with zero attached hydrogens (tertiary/aromatic N) is 2. The molecule has 2 saturated heterocycles. The van der Waals surface area contributed by atoms with Crippen molar-refractivity contribution in [2.75, 3.05) is 32.7 Å². The van der Waals surface area contributed by atoms with Crippen LogP contribution in [0.5, 0.6) is 0 Å². The van der Waals surface area contributed by atoms with Gasteiger partial charge in [0.05, 0.1) is 0 Å². The van der Waals surface area contributed by atoms with Crippen LogP contribution in [0.3, 0.4) is 0 Å². The van der Waals surface area contributed by atoms with Crippen molar-refractivity contribution in [2.24, 2.45) is 5.73 Å². The van der Waals surface area contributed by atoms with Crippen molar-refractivity contribution in [3.63, 3.8) is 0 Å². The molecule has 0 aromatic heterocycles. The third-order valence-corrected chi connectivity index (χ3v) is 5.28. The van der Waals surface area contributed by atoms with E-state index < -0.39 is 0 Å². The second kappa shape index (κ2) is 9.01. The van der Waals surface area contributed by atoms with Gasteiger partial charge in [-0.15, -0.1) is 0 Å². The van der Waals surface area contributed by atoms with E-state index >= 15 is 0 Å². The van der Waals surface area contributed by atoms with Gasteiger partial charge < -0.3 is 5.73 Å². The Balaban J connectivity index is 1.66. The molecule has 3 heteroatoms. The van der Waals surface area contributed by atoms with Crippen molar-refractivity contribution in [1.29, 1.82) is 0 Å². The Morgan fingerprint density at radius 2 is 1.80 bits per heavy atom. The highest BCUT2D eigenvalue weighted by atomic mass is 15.3. The van der Waals surface area contributed by atoms with E-state index in [1.165, 1.54) is 84.0 Å². The molecule has 0 bridgehead atoms. The molecule has 0 aromatic rings. The summed E-state index contributed by atoms with van der Waals surface area (Å²) in [5, 5.41) is 0. The average molecular weight is 281 g/mol. The molecule has 0 aliphatic carbocycles. The molecule has 2 unspecified atom stereocenters. The maximum absolute atomic E-state index is 6.04. The Hall–Kier alpha value is -0.120. The number of hydrogen-bond donors (Lipinski definition) is 1. The lowest BCUT2D eigenvalue weighted by Gasteiger charge is -2.28. The molecule has 2 aliphatic rings. The van der Waals surface area contributed by atoms with Gasteiger partial charge in [-0.3, -0.25) is 9.80 Å². The zero-order chi connectivity index (χ0) is 14.2. The van der Waals surface area contributed by atoms with Crippen molar-refractivity contribution in [2.45, 2.75) is 76.8 Å². The fraction of sp³-hybridized carbons (Fsp3) is 1.00. The highest BCUT2D eigenvalue weighted by Crippen LogP contribution is 2.23. The molecule has 118 valence electrons. The largest absolute Gasteiger partial charge is 0.329 e. The maximum atomic E-state index is 6.04. The van der Waals surface area contributed by atoms with Gasteiger partial charge in [0.15, 0.2) is 0 Å². The Morgan fingerprint density at radius 1 is 1.05 bits per heavy atom. The number of unbranched alkanes of at least 4 members (excludes halogenated alkanes) is 4. The fourth-order valence-corrected chi connectivity index (χ4v) is 3.94. The van der Waals surface area contributed by atoms with Crippen LogP contribution in [0, 0.1) is 0 Å². The monoisotopic (exact) mass is 281 g/mol. The molecular formula is C17H35N3. The Bertz CT molecular complexity index is 251. The molecule has 2 atom stereocenters. The SMILES string of the molecule is CCCCCCCC(CN)N1CCC(N2CCCC2)C1. The summed E-state index contributed by atoms with van der Waals surface area (Å²) in [6, 6.07) is 1.47. The summed E-state index contributed by atoms with van der Waals surface area (Å²) < 4.78 is 0. The number of hydrogen-bond acceptors (Lipinski definition) is 3. The van der Waals surface area contributed by atoms with E-state index in [9.17, 15) is 0 Å². The average Bonchev–Trinajstić information content (AvgIpc) is 3.12. The summed E-state index contributed by atoms with van der Waals surface area (Å²) in [5.41, 5.74) is 6.04. The topological polar surface area (TPSA) is 32.5 Å². The van der Waals surface area contributed by atoms with Gasteiger partial charge in [-0.05, 0) is 38.8 Å². The van der Waals surface area contributed by atoms with Gasteiger partial charge in [-0.1, -0.05) is 39.0 Å². The first-order valence-electron chi connectivity index (χ1n) is 9.03. The Morgan fingerprint density at radius 3 is 2.50 bits per heavy atom. The molecule has 0 radical (unpaired) electrons. The van der Waals surface area contributed by atoms with Crippen LogP contribution < -0.4 is 5.73 Å². The van der Waals surface area contributed by atoms with Crippen LogP contribution >= 0.6 is 0 Å². The van der Waals surface area contributed by atoms with Crippen molar-refractivity contribution in [1.82, 2.24) is 9.80 Å². The van der Waals surface area contributed by atoms with Gasteiger partial charge in [0, 0.05) is 31.7 Å². The van der Waals surface area contributed by atoms with E-state index in [1.807, 2.05) is 0 Å². The molecule has 2 rings (SSSR count). The third kappa shape index (κ3) is 4.71. The molecule has 2 aliphatic heterocycles. The van der Waals surface area contributed by atoms with Gasteiger partial charge in [0.25, 0.3) is 0 Å². The van der Waals surface area contributed by atoms with Crippen LogP contribution in [0.4, 0.5) is 0 Å². The summed E-state index contributed by atoms with van der Waals surface area (Å²) in [7, 11) is 0. The lowest BCUT2D eigenvalue weighted by Crippen LogP contribution is -2.42. The molecule has 0 aromatic carbocycles. The molecule has 3 nitrogen and oxygen atoms in total. The molecule has 2 heterocycles. The van der Waals surface area contributed by atoms with Crippen molar-refractivity contribution in [3.05, 3.63) is 0 Å². The van der Waals surface area contributed by atoms with E-state index in [-0.39, 0.29) is 0 Å². The van der Waals surface area contributed by atoms with Gasteiger partial charge in [-0.2, -0.15) is 0 Å². The summed E-state index contributed by atoms with van der Waals surface area (Å²) in [4.78, 5) is 5.40. The van der Waals surface area contributed by atoms with E-state index in [0.717, 1.165) is 12.6 Å². The smallest absolute Gasteiger partial charge is 0.0235 e. The zero-order valence-corrected chi connectivity index (χ0v) is 13.5. The van der Waals surface area contributed by atoms with E-state index in [2.05, 4.69) is 16.7 Å². The summed E-state index contributed by atoms with van der Waals surface area (Å²) in [6.07, 6.45) is 12.4. The number of nitrogens with two attached hydrogens (primary N) is 1. The van der Waals surface area contributed by atoms with E-state index in [0.29, 0.717) is 6.04 Å². The van der Waals surface area contributed by atoms with Crippen LogP contribution in [-0.4, -0.2) is 54.6 Å². The fourth-order valence-electron chi connectivity index (χ4n) is 3.94. The Kier molecular flexibility index (Phi) is 7.32. The maximum Gasteiger partial charge on any atom is 0.0235 e. The van der Waals surface area contributed by atoms with Crippen LogP contribution in [0.15, 0.2) is 0 Å². The van der Waals surface area contributed by atoms with Crippen LogP contribution in [0.1, 0.15) is 64.7 Å². The Labute approximate surface area is 125 Å². The number of likely N-dealkylation sites (tertiary alicyclic amines) is 2. The molecule has 2 N–H and O–H groups in total. The standard InChI is InChI=1S/C17H35N3/c1-2-3-4-5-6-9-16(14-18)20-13-10-17(15-20)19-11-7-8-12-19/h16-17H,2-15,18H2,1H3. The van der Waals surface area contributed by atoms with Gasteiger partial charge in [0.2, 0.25) is 0 Å². The minimum Gasteiger partial charge on any atom is -0.329 e. The summed E-state index contributed by atoms with van der Waals surface area (Å²) in [5.74, 6) is 0. The van der Waals surface area contributed by atoms with Gasteiger partial charge in [-0.25, -0.2) is 0 Å². The third-order valence-electron chi connectivity index (χ3n) is 5.28. The van der Waals surface area contributed by atoms with E-state index in [1.54, 1.807) is 0 Å². The summed E-state index contributed by atoms with van der Waals surface area (Å²) >= 11 is 0. The molecule has 0 amide bonds. The first-order chi connectivity index (χ1) is 9.85. The van der Waals surface area contributed by atoms with Crippen LogP contribution in [-0.2, 0) is 0 Å². The minimum absolute atomic E-state index is 0.643. The highest BCUT2D eigenvalue weighted by molar-refractivity contribution is 4.88. The molecule has 0 saturated carbocycles. The second-order valence-electron chi connectivity index (χ2n) is 6.77. The first kappa shape index (κ1) is 16.3. The van der Waals surface area contributed by atoms with Gasteiger partial charge >= 0.3 is 0 Å². The van der Waals surface area contributed by atoms with Crippen LogP contribution in [0.25, 0.3) is 0 Å².